The second-order valence-corrected chi connectivity index (χ2v) is 8.32. The number of ether oxygens (including phenoxy) is 1. The Morgan fingerprint density at radius 1 is 1.16 bits per heavy atom. The molecule has 0 fully saturated rings. The van der Waals surface area contributed by atoms with Gasteiger partial charge in [0.15, 0.2) is 0 Å². The Bertz CT molecular complexity index is 509. The van der Waals surface area contributed by atoms with Crippen LogP contribution in [-0.2, 0) is 9.05 Å². The van der Waals surface area contributed by atoms with Crippen molar-refractivity contribution < 1.29 is 13.2 Å². The van der Waals surface area contributed by atoms with E-state index in [9.17, 15) is 8.42 Å². The highest BCUT2D eigenvalue weighted by atomic mass is 35.7. The lowest BCUT2D eigenvalue weighted by molar-refractivity contribution is 0.225. The smallest absolute Gasteiger partial charge is 0.233 e. The molecule has 0 heterocycles. The average Bonchev–Trinajstić information content (AvgIpc) is 2.20. The van der Waals surface area contributed by atoms with Gasteiger partial charge in [-0.25, -0.2) is 8.42 Å². The first-order valence-corrected chi connectivity index (χ1v) is 8.92. The molecule has 0 amide bonds. The van der Waals surface area contributed by atoms with Crippen molar-refractivity contribution in [2.24, 2.45) is 11.8 Å². The highest BCUT2D eigenvalue weighted by molar-refractivity contribution is 8.13. The maximum atomic E-state index is 11.1. The number of halogens is 3. The number of hydrogen-bond donors (Lipinski definition) is 0. The minimum Gasteiger partial charge on any atom is -0.493 e. The molecule has 3 nitrogen and oxygen atoms in total. The average molecular weight is 346 g/mol. The van der Waals surface area contributed by atoms with E-state index in [2.05, 4.69) is 0 Å². The molecule has 1 aromatic rings. The van der Waals surface area contributed by atoms with Gasteiger partial charge in [0.1, 0.15) is 5.75 Å². The van der Waals surface area contributed by atoms with Crippen molar-refractivity contribution in [3.05, 3.63) is 28.2 Å². The van der Waals surface area contributed by atoms with Crippen molar-refractivity contribution in [2.75, 3.05) is 12.4 Å². The van der Waals surface area contributed by atoms with Crippen LogP contribution in [0.5, 0.6) is 5.75 Å². The highest BCUT2D eigenvalue weighted by Crippen LogP contribution is 2.25. The Morgan fingerprint density at radius 2 is 1.68 bits per heavy atom. The highest BCUT2D eigenvalue weighted by Gasteiger charge is 2.21. The summed E-state index contributed by atoms with van der Waals surface area (Å²) in [7, 11) is 1.73. The van der Waals surface area contributed by atoms with E-state index in [1.54, 1.807) is 18.2 Å². The van der Waals surface area contributed by atoms with Crippen LogP contribution in [0, 0.1) is 11.8 Å². The Labute approximate surface area is 128 Å². The number of rotatable bonds is 6. The van der Waals surface area contributed by atoms with Gasteiger partial charge in [-0.05, 0) is 24.1 Å². The summed E-state index contributed by atoms with van der Waals surface area (Å²) >= 11 is 11.7. The minimum absolute atomic E-state index is 0.124. The van der Waals surface area contributed by atoms with Crippen molar-refractivity contribution in [2.45, 2.75) is 13.8 Å². The second-order valence-electron chi connectivity index (χ2n) is 4.63. The van der Waals surface area contributed by atoms with Gasteiger partial charge >= 0.3 is 0 Å². The van der Waals surface area contributed by atoms with Gasteiger partial charge in [-0.1, -0.05) is 37.0 Å². The van der Waals surface area contributed by atoms with E-state index in [0.29, 0.717) is 15.8 Å². The molecule has 1 rings (SSSR count). The first kappa shape index (κ1) is 16.9. The van der Waals surface area contributed by atoms with Crippen molar-refractivity contribution in [3.63, 3.8) is 0 Å². The maximum absolute atomic E-state index is 11.1. The van der Waals surface area contributed by atoms with Gasteiger partial charge in [-0.2, -0.15) is 0 Å². The molecule has 19 heavy (non-hydrogen) atoms. The summed E-state index contributed by atoms with van der Waals surface area (Å²) in [5.41, 5.74) is 0. The zero-order valence-corrected chi connectivity index (χ0v) is 13.7. The van der Waals surface area contributed by atoms with E-state index in [1.807, 2.05) is 13.8 Å². The predicted octanol–water partition coefficient (Wildman–Crippen LogP) is 4.21. The van der Waals surface area contributed by atoms with Crippen LogP contribution >= 0.6 is 33.9 Å². The number of benzene rings is 1. The molecule has 0 N–H and O–H groups in total. The molecule has 0 aliphatic heterocycles. The van der Waals surface area contributed by atoms with Gasteiger partial charge in [0, 0.05) is 26.6 Å². The Balaban J connectivity index is 2.71. The SMILES string of the molecule is CC(C)C(COc1cc(Cl)cc(Cl)c1)CS(=O)(=O)Cl. The van der Waals surface area contributed by atoms with E-state index in [1.165, 1.54) is 0 Å². The van der Waals surface area contributed by atoms with E-state index >= 15 is 0 Å². The van der Waals surface area contributed by atoms with E-state index in [0.717, 1.165) is 0 Å². The summed E-state index contributed by atoms with van der Waals surface area (Å²) in [6, 6.07) is 4.85. The minimum atomic E-state index is -3.55. The fourth-order valence-corrected chi connectivity index (χ4v) is 3.49. The van der Waals surface area contributed by atoms with Crippen molar-refractivity contribution in [1.29, 1.82) is 0 Å². The molecule has 0 aliphatic rings. The summed E-state index contributed by atoms with van der Waals surface area (Å²) in [4.78, 5) is 0. The third-order valence-corrected chi connectivity index (χ3v) is 4.30. The summed E-state index contributed by atoms with van der Waals surface area (Å²) in [6.45, 7) is 4.07. The topological polar surface area (TPSA) is 43.4 Å². The van der Waals surface area contributed by atoms with Crippen LogP contribution in [-0.4, -0.2) is 20.8 Å². The quantitative estimate of drug-likeness (QED) is 0.725. The lowest BCUT2D eigenvalue weighted by Gasteiger charge is -2.20. The molecular weight excluding hydrogens is 331 g/mol. The standard InChI is InChI=1S/C12H15Cl3O3S/c1-8(2)9(7-19(15,16)17)6-18-12-4-10(13)3-11(14)5-12/h3-5,8-9H,6-7H2,1-2H3. The van der Waals surface area contributed by atoms with Crippen LogP contribution in [0.15, 0.2) is 18.2 Å². The molecule has 0 saturated carbocycles. The van der Waals surface area contributed by atoms with E-state index in [-0.39, 0.29) is 24.2 Å². The largest absolute Gasteiger partial charge is 0.493 e. The maximum Gasteiger partial charge on any atom is 0.233 e. The zero-order chi connectivity index (χ0) is 14.6. The molecule has 1 aromatic carbocycles. The van der Waals surface area contributed by atoms with Crippen LogP contribution in [0.25, 0.3) is 0 Å². The predicted molar refractivity (Wildman–Crippen MR) is 79.9 cm³/mol. The monoisotopic (exact) mass is 344 g/mol. The third-order valence-electron chi connectivity index (χ3n) is 2.66. The van der Waals surface area contributed by atoms with Gasteiger partial charge in [-0.3, -0.25) is 0 Å². The molecule has 108 valence electrons. The molecule has 0 saturated heterocycles. The van der Waals surface area contributed by atoms with Crippen LogP contribution < -0.4 is 4.74 Å². The molecule has 0 radical (unpaired) electrons. The molecule has 1 unspecified atom stereocenters. The van der Waals surface area contributed by atoms with Crippen molar-refractivity contribution in [3.8, 4) is 5.75 Å². The molecule has 0 aromatic heterocycles. The van der Waals surface area contributed by atoms with Gasteiger partial charge < -0.3 is 4.74 Å². The first-order chi connectivity index (χ1) is 8.67. The van der Waals surface area contributed by atoms with Crippen LogP contribution in [0.3, 0.4) is 0 Å². The van der Waals surface area contributed by atoms with Crippen molar-refractivity contribution >= 4 is 42.9 Å². The second kappa shape index (κ2) is 7.02. The molecular formula is C12H15Cl3O3S. The fraction of sp³-hybridized carbons (Fsp3) is 0.500. The normalized spacial score (nSPS) is 13.6. The molecule has 0 aliphatic carbocycles. The molecule has 0 bridgehead atoms. The van der Waals surface area contributed by atoms with Gasteiger partial charge in [-0.15, -0.1) is 0 Å². The molecule has 1 atom stereocenters. The Hall–Kier alpha value is -0.160. The van der Waals surface area contributed by atoms with Gasteiger partial charge in [0.2, 0.25) is 9.05 Å². The zero-order valence-electron chi connectivity index (χ0n) is 10.6. The summed E-state index contributed by atoms with van der Waals surface area (Å²) < 4.78 is 27.8. The third kappa shape index (κ3) is 6.70. The Kier molecular flexibility index (Phi) is 6.24. The van der Waals surface area contributed by atoms with E-state index in [4.69, 9.17) is 38.6 Å². The van der Waals surface area contributed by atoms with Crippen LogP contribution in [0.2, 0.25) is 10.0 Å². The van der Waals surface area contributed by atoms with Gasteiger partial charge in [0.25, 0.3) is 0 Å². The fourth-order valence-electron chi connectivity index (χ4n) is 1.50. The first-order valence-electron chi connectivity index (χ1n) is 5.68. The van der Waals surface area contributed by atoms with Gasteiger partial charge in [0.05, 0.1) is 12.4 Å². The lowest BCUT2D eigenvalue weighted by Crippen LogP contribution is -2.24. The summed E-state index contributed by atoms with van der Waals surface area (Å²) in [5, 5.41) is 0.933. The summed E-state index contributed by atoms with van der Waals surface area (Å²) in [5.74, 6) is 0.319. The van der Waals surface area contributed by atoms with Crippen LogP contribution in [0.1, 0.15) is 13.8 Å². The number of hydrogen-bond acceptors (Lipinski definition) is 3. The molecule has 7 heteroatoms. The lowest BCUT2D eigenvalue weighted by atomic mass is 9.99. The van der Waals surface area contributed by atoms with E-state index < -0.39 is 9.05 Å². The van der Waals surface area contributed by atoms with Crippen LogP contribution in [0.4, 0.5) is 0 Å². The van der Waals surface area contributed by atoms with Crippen molar-refractivity contribution in [1.82, 2.24) is 0 Å². The molecule has 0 spiro atoms. The summed E-state index contributed by atoms with van der Waals surface area (Å²) in [6.07, 6.45) is 0. The Morgan fingerprint density at radius 3 is 2.11 bits per heavy atom.